The molecular weight excluding hydrogens is 178 g/mol. The maximum Gasteiger partial charge on any atom is 0.304 e. The minimum atomic E-state index is -1.07. The van der Waals surface area contributed by atoms with E-state index in [1.807, 2.05) is 6.07 Å². The van der Waals surface area contributed by atoms with Crippen LogP contribution >= 0.6 is 0 Å². The average molecular weight is 189 g/mol. The zero-order valence-electron chi connectivity index (χ0n) is 6.65. The van der Waals surface area contributed by atoms with Crippen LogP contribution < -0.4 is 0 Å². The summed E-state index contributed by atoms with van der Waals surface area (Å²) in [6, 6.07) is 1.94. The van der Waals surface area contributed by atoms with E-state index in [2.05, 4.69) is 0 Å². The molecule has 0 saturated carbocycles. The Morgan fingerprint density at radius 1 is 1.50 bits per heavy atom. The Labute approximate surface area is 73.7 Å². The molecule has 0 aromatic heterocycles. The monoisotopic (exact) mass is 189 g/mol. The van der Waals surface area contributed by atoms with Gasteiger partial charge < -0.3 is 5.11 Å². The van der Waals surface area contributed by atoms with Crippen LogP contribution in [-0.4, -0.2) is 26.8 Å². The highest BCUT2D eigenvalue weighted by Gasteiger charge is 2.02. The summed E-state index contributed by atoms with van der Waals surface area (Å²) < 4.78 is 11.0. The van der Waals surface area contributed by atoms with Crippen molar-refractivity contribution in [2.45, 2.75) is 19.3 Å². The quantitative estimate of drug-likeness (QED) is 0.617. The summed E-state index contributed by atoms with van der Waals surface area (Å²) >= 11 is 0. The Kier molecular flexibility index (Phi) is 6.29. The summed E-state index contributed by atoms with van der Waals surface area (Å²) in [7, 11) is -1.07. The Hall–Kier alpha value is -0.890. The van der Waals surface area contributed by atoms with Crippen molar-refractivity contribution in [2.24, 2.45) is 0 Å². The number of carboxylic acids is 1. The number of carboxylic acid groups (broad SMARTS) is 1. The molecule has 0 saturated heterocycles. The lowest BCUT2D eigenvalue weighted by atomic mass is 10.4. The summed E-state index contributed by atoms with van der Waals surface area (Å²) in [4.78, 5) is 10.0. The van der Waals surface area contributed by atoms with E-state index in [9.17, 15) is 9.00 Å². The Morgan fingerprint density at radius 3 is 2.67 bits per heavy atom. The van der Waals surface area contributed by atoms with Gasteiger partial charge in [0.25, 0.3) is 0 Å². The zero-order chi connectivity index (χ0) is 9.40. The van der Waals surface area contributed by atoms with Crippen molar-refractivity contribution in [2.75, 3.05) is 11.5 Å². The van der Waals surface area contributed by atoms with Gasteiger partial charge in [-0.2, -0.15) is 5.26 Å². The molecule has 5 heteroatoms. The third-order valence-electron chi connectivity index (χ3n) is 1.20. The largest absolute Gasteiger partial charge is 0.481 e. The zero-order valence-corrected chi connectivity index (χ0v) is 7.47. The van der Waals surface area contributed by atoms with Crippen LogP contribution in [0.4, 0.5) is 0 Å². The molecular formula is C7H11NO3S. The molecule has 68 valence electrons. The van der Waals surface area contributed by atoms with Gasteiger partial charge in [-0.25, -0.2) is 0 Å². The van der Waals surface area contributed by atoms with Crippen molar-refractivity contribution < 1.29 is 14.1 Å². The van der Waals surface area contributed by atoms with Gasteiger partial charge in [-0.15, -0.1) is 0 Å². The summed E-state index contributed by atoms with van der Waals surface area (Å²) in [5.41, 5.74) is 0. The van der Waals surface area contributed by atoms with Crippen molar-refractivity contribution in [3.63, 3.8) is 0 Å². The van der Waals surface area contributed by atoms with Gasteiger partial charge in [0.2, 0.25) is 0 Å². The predicted octanol–water partition coefficient (Wildman–Crippen LogP) is 0.514. The van der Waals surface area contributed by atoms with Crippen molar-refractivity contribution in [1.82, 2.24) is 0 Å². The minimum absolute atomic E-state index is 0.0564. The Morgan fingerprint density at radius 2 is 2.17 bits per heavy atom. The van der Waals surface area contributed by atoms with Crippen LogP contribution in [0.1, 0.15) is 19.3 Å². The van der Waals surface area contributed by atoms with Crippen LogP contribution in [0.5, 0.6) is 0 Å². The number of rotatable bonds is 6. The molecule has 0 fully saturated rings. The van der Waals surface area contributed by atoms with E-state index in [4.69, 9.17) is 10.4 Å². The molecule has 1 N–H and O–H groups in total. The van der Waals surface area contributed by atoms with Crippen LogP contribution in [0.15, 0.2) is 0 Å². The van der Waals surface area contributed by atoms with Crippen LogP contribution in [0.25, 0.3) is 0 Å². The van der Waals surface area contributed by atoms with E-state index >= 15 is 0 Å². The second kappa shape index (κ2) is 6.80. The second-order valence-electron chi connectivity index (χ2n) is 2.25. The van der Waals surface area contributed by atoms with Crippen LogP contribution in [0, 0.1) is 11.3 Å². The molecule has 0 bridgehead atoms. The first kappa shape index (κ1) is 11.1. The topological polar surface area (TPSA) is 78.2 Å². The summed E-state index contributed by atoms with van der Waals surface area (Å²) in [6.45, 7) is 0. The third kappa shape index (κ3) is 7.22. The molecule has 0 aliphatic carbocycles. The maximum absolute atomic E-state index is 11.0. The first-order valence-corrected chi connectivity index (χ1v) is 5.09. The van der Waals surface area contributed by atoms with E-state index < -0.39 is 16.8 Å². The first-order valence-electron chi connectivity index (χ1n) is 3.60. The number of nitrogens with zero attached hydrogens (tertiary/aromatic N) is 1. The second-order valence-corrected chi connectivity index (χ2v) is 3.95. The van der Waals surface area contributed by atoms with E-state index in [1.54, 1.807) is 0 Å². The van der Waals surface area contributed by atoms with Crippen molar-refractivity contribution in [3.05, 3.63) is 0 Å². The lowest BCUT2D eigenvalue weighted by molar-refractivity contribution is -0.136. The molecule has 0 heterocycles. The van der Waals surface area contributed by atoms with E-state index in [-0.39, 0.29) is 12.2 Å². The fourth-order valence-corrected chi connectivity index (χ4v) is 1.69. The number of carbonyl (C=O) groups is 1. The highest BCUT2D eigenvalue weighted by Crippen LogP contribution is 1.94. The lowest BCUT2D eigenvalue weighted by Crippen LogP contribution is -2.07. The molecule has 4 nitrogen and oxygen atoms in total. The number of unbranched alkanes of at least 4 members (excludes halogenated alkanes) is 1. The van der Waals surface area contributed by atoms with Crippen LogP contribution in [-0.2, 0) is 15.6 Å². The molecule has 0 aliphatic rings. The highest BCUT2D eigenvalue weighted by molar-refractivity contribution is 7.84. The fraction of sp³-hybridized carbons (Fsp3) is 0.714. The number of hydrogen-bond acceptors (Lipinski definition) is 3. The summed E-state index contributed by atoms with van der Waals surface area (Å²) in [5, 5.41) is 16.4. The molecule has 0 aromatic carbocycles. The number of nitriles is 1. The van der Waals surface area contributed by atoms with Gasteiger partial charge in [0, 0.05) is 28.7 Å². The molecule has 0 spiro atoms. The molecule has 0 rings (SSSR count). The summed E-state index contributed by atoms with van der Waals surface area (Å²) in [6.07, 6.45) is 0.917. The number of aliphatic carboxylic acids is 1. The molecule has 1 atom stereocenters. The van der Waals surface area contributed by atoms with Crippen molar-refractivity contribution >= 4 is 16.8 Å². The Bertz CT molecular complexity index is 209. The number of hydrogen-bond donors (Lipinski definition) is 1. The van der Waals surface area contributed by atoms with Gasteiger partial charge in [-0.05, 0) is 6.42 Å². The Balaban J connectivity index is 3.35. The van der Waals surface area contributed by atoms with E-state index in [0.717, 1.165) is 0 Å². The van der Waals surface area contributed by atoms with Crippen molar-refractivity contribution in [3.8, 4) is 6.07 Å². The first-order chi connectivity index (χ1) is 5.66. The van der Waals surface area contributed by atoms with Gasteiger partial charge in [-0.3, -0.25) is 9.00 Å². The maximum atomic E-state index is 11.0. The summed E-state index contributed by atoms with van der Waals surface area (Å²) in [5.74, 6) is -0.301. The average Bonchev–Trinajstić information content (AvgIpc) is 2.01. The molecule has 12 heavy (non-hydrogen) atoms. The van der Waals surface area contributed by atoms with E-state index in [0.29, 0.717) is 18.6 Å². The van der Waals surface area contributed by atoms with Crippen LogP contribution in [0.2, 0.25) is 0 Å². The molecule has 0 amide bonds. The van der Waals surface area contributed by atoms with Gasteiger partial charge in [0.05, 0.1) is 12.5 Å². The highest BCUT2D eigenvalue weighted by atomic mass is 32.2. The van der Waals surface area contributed by atoms with Gasteiger partial charge in [-0.1, -0.05) is 0 Å². The normalized spacial score (nSPS) is 11.9. The molecule has 1 unspecified atom stereocenters. The van der Waals surface area contributed by atoms with Crippen molar-refractivity contribution in [1.29, 1.82) is 5.26 Å². The smallest absolute Gasteiger partial charge is 0.304 e. The minimum Gasteiger partial charge on any atom is -0.481 e. The predicted molar refractivity (Wildman–Crippen MR) is 45.0 cm³/mol. The fourth-order valence-electron chi connectivity index (χ4n) is 0.615. The SMILES string of the molecule is N#CCCCS(=O)CCC(=O)O. The molecule has 0 aliphatic heterocycles. The van der Waals surface area contributed by atoms with Gasteiger partial charge in [0.1, 0.15) is 0 Å². The van der Waals surface area contributed by atoms with Crippen LogP contribution in [0.3, 0.4) is 0 Å². The molecule has 0 radical (unpaired) electrons. The molecule has 0 aromatic rings. The van der Waals surface area contributed by atoms with E-state index in [1.165, 1.54) is 0 Å². The van der Waals surface area contributed by atoms with Gasteiger partial charge in [0.15, 0.2) is 0 Å². The lowest BCUT2D eigenvalue weighted by Gasteiger charge is -1.96. The third-order valence-corrected chi connectivity index (χ3v) is 2.61. The van der Waals surface area contributed by atoms with Gasteiger partial charge >= 0.3 is 5.97 Å². The standard InChI is InChI=1S/C7H11NO3S/c8-4-1-2-5-12(11)6-3-7(9)10/h1-3,5-6H2,(H,9,10).